The Kier molecular flexibility index (Phi) is 6.16. The van der Waals surface area contributed by atoms with E-state index in [4.69, 9.17) is 0 Å². The summed E-state index contributed by atoms with van der Waals surface area (Å²) < 4.78 is 0. The average molecular weight is 327 g/mol. The minimum atomic E-state index is -0.699. The minimum absolute atomic E-state index is 0.00825. The SMILES string of the molecule is O=C(CC[C@@H](O)c1ccccc1)N/N=C\c1ccc([N+](=O)[O-])cc1. The molecule has 2 N–H and O–H groups in total. The molecule has 0 aliphatic carbocycles. The summed E-state index contributed by atoms with van der Waals surface area (Å²) in [7, 11) is 0. The number of aliphatic hydroxyl groups excluding tert-OH is 1. The minimum Gasteiger partial charge on any atom is -0.388 e. The fourth-order valence-electron chi connectivity index (χ4n) is 2.03. The number of amides is 1. The fraction of sp³-hybridized carbons (Fsp3) is 0.176. The molecule has 0 fully saturated rings. The summed E-state index contributed by atoms with van der Waals surface area (Å²) in [5.41, 5.74) is 3.75. The second kappa shape index (κ2) is 8.54. The van der Waals surface area contributed by atoms with Gasteiger partial charge in [0.15, 0.2) is 0 Å². The Morgan fingerprint density at radius 1 is 1.21 bits per heavy atom. The molecule has 0 aromatic heterocycles. The highest BCUT2D eigenvalue weighted by molar-refractivity contribution is 5.82. The Morgan fingerprint density at radius 2 is 1.88 bits per heavy atom. The second-order valence-corrected chi connectivity index (χ2v) is 5.11. The van der Waals surface area contributed by atoms with E-state index in [0.29, 0.717) is 12.0 Å². The first kappa shape index (κ1) is 17.3. The number of nitro benzene ring substituents is 1. The lowest BCUT2D eigenvalue weighted by atomic mass is 10.1. The highest BCUT2D eigenvalue weighted by atomic mass is 16.6. The first-order valence-electron chi connectivity index (χ1n) is 7.35. The molecule has 0 aliphatic rings. The molecule has 7 heteroatoms. The second-order valence-electron chi connectivity index (χ2n) is 5.11. The largest absolute Gasteiger partial charge is 0.388 e. The highest BCUT2D eigenvalue weighted by Crippen LogP contribution is 2.17. The van der Waals surface area contributed by atoms with Crippen LogP contribution in [-0.4, -0.2) is 22.2 Å². The van der Waals surface area contributed by atoms with Crippen molar-refractivity contribution in [2.75, 3.05) is 0 Å². The molecule has 7 nitrogen and oxygen atoms in total. The van der Waals surface area contributed by atoms with Crippen molar-refractivity contribution in [2.45, 2.75) is 18.9 Å². The Hall–Kier alpha value is -3.06. The lowest BCUT2D eigenvalue weighted by Crippen LogP contribution is -2.18. The predicted octanol–water partition coefficient (Wildman–Crippen LogP) is 2.56. The number of hydrogen-bond acceptors (Lipinski definition) is 5. The van der Waals surface area contributed by atoms with Crippen molar-refractivity contribution in [2.24, 2.45) is 5.10 Å². The number of nitro groups is 1. The molecule has 0 bridgehead atoms. The molecule has 2 rings (SSSR count). The fourth-order valence-corrected chi connectivity index (χ4v) is 2.03. The van der Waals surface area contributed by atoms with E-state index in [1.165, 1.54) is 30.5 Å². The van der Waals surface area contributed by atoms with Gasteiger partial charge in [-0.2, -0.15) is 5.10 Å². The van der Waals surface area contributed by atoms with Gasteiger partial charge in [-0.15, -0.1) is 0 Å². The molecule has 1 amide bonds. The summed E-state index contributed by atoms with van der Waals surface area (Å²) >= 11 is 0. The quantitative estimate of drug-likeness (QED) is 0.463. The summed E-state index contributed by atoms with van der Waals surface area (Å²) in [5.74, 6) is -0.317. The van der Waals surface area contributed by atoms with Crippen LogP contribution >= 0.6 is 0 Å². The maximum absolute atomic E-state index is 11.7. The molecule has 0 aliphatic heterocycles. The number of nitrogens with zero attached hydrogens (tertiary/aromatic N) is 2. The molecule has 2 aromatic carbocycles. The van der Waals surface area contributed by atoms with Crippen molar-refractivity contribution in [1.82, 2.24) is 5.43 Å². The van der Waals surface area contributed by atoms with E-state index in [2.05, 4.69) is 10.5 Å². The van der Waals surface area contributed by atoms with E-state index in [1.54, 1.807) is 12.1 Å². The van der Waals surface area contributed by atoms with Crippen LogP contribution in [0.15, 0.2) is 59.7 Å². The molecule has 124 valence electrons. The first-order chi connectivity index (χ1) is 11.6. The maximum atomic E-state index is 11.7. The van der Waals surface area contributed by atoms with Gasteiger partial charge in [0.25, 0.3) is 5.69 Å². The normalized spacial score (nSPS) is 12.0. The molecule has 1 atom stereocenters. The number of rotatable bonds is 7. The van der Waals surface area contributed by atoms with Crippen molar-refractivity contribution < 1.29 is 14.8 Å². The molecule has 0 unspecified atom stereocenters. The maximum Gasteiger partial charge on any atom is 0.269 e. The Morgan fingerprint density at radius 3 is 2.50 bits per heavy atom. The van der Waals surface area contributed by atoms with Crippen molar-refractivity contribution in [3.05, 3.63) is 75.8 Å². The standard InChI is InChI=1S/C17H17N3O4/c21-16(14-4-2-1-3-5-14)10-11-17(22)19-18-12-13-6-8-15(9-7-13)20(23)24/h1-9,12,16,21H,10-11H2,(H,19,22)/b18-12-/t16-/m1/s1. The third-order valence-corrected chi connectivity index (χ3v) is 3.34. The number of hydrazone groups is 1. The van der Waals surface area contributed by atoms with E-state index in [1.807, 2.05) is 18.2 Å². The number of carbonyl (C=O) groups excluding carboxylic acids is 1. The molecular formula is C17H17N3O4. The molecule has 0 heterocycles. The predicted molar refractivity (Wildman–Crippen MR) is 89.5 cm³/mol. The smallest absolute Gasteiger partial charge is 0.269 e. The number of carbonyl (C=O) groups is 1. The molecule has 0 radical (unpaired) electrons. The lowest BCUT2D eigenvalue weighted by Gasteiger charge is -2.09. The van der Waals surface area contributed by atoms with Crippen LogP contribution in [0.1, 0.15) is 30.1 Å². The van der Waals surface area contributed by atoms with Crippen LogP contribution in [-0.2, 0) is 4.79 Å². The summed E-state index contributed by atoms with van der Waals surface area (Å²) in [6, 6.07) is 14.9. The molecule has 0 saturated heterocycles. The van der Waals surface area contributed by atoms with E-state index < -0.39 is 11.0 Å². The molecule has 0 spiro atoms. The third-order valence-electron chi connectivity index (χ3n) is 3.34. The van der Waals surface area contributed by atoms with E-state index >= 15 is 0 Å². The van der Waals surface area contributed by atoms with Gasteiger partial charge in [0, 0.05) is 18.6 Å². The zero-order chi connectivity index (χ0) is 17.4. The van der Waals surface area contributed by atoms with Crippen LogP contribution in [0.3, 0.4) is 0 Å². The van der Waals surface area contributed by atoms with Gasteiger partial charge in [0.2, 0.25) is 5.91 Å². The van der Waals surface area contributed by atoms with Gasteiger partial charge in [0.05, 0.1) is 17.2 Å². The topological polar surface area (TPSA) is 105 Å². The molecular weight excluding hydrogens is 310 g/mol. The van der Waals surface area contributed by atoms with Gasteiger partial charge >= 0.3 is 0 Å². The van der Waals surface area contributed by atoms with E-state index in [0.717, 1.165) is 5.56 Å². The van der Waals surface area contributed by atoms with Crippen LogP contribution < -0.4 is 5.43 Å². The summed E-state index contributed by atoms with van der Waals surface area (Å²) in [6.45, 7) is 0. The van der Waals surface area contributed by atoms with E-state index in [9.17, 15) is 20.0 Å². The first-order valence-corrected chi connectivity index (χ1v) is 7.35. The monoisotopic (exact) mass is 327 g/mol. The number of aliphatic hydroxyl groups is 1. The summed E-state index contributed by atoms with van der Waals surface area (Å²) in [6.07, 6.45) is 1.13. The molecule has 2 aromatic rings. The van der Waals surface area contributed by atoms with Crippen molar-refractivity contribution in [3.8, 4) is 0 Å². The molecule has 0 saturated carbocycles. The Balaban J connectivity index is 1.77. The lowest BCUT2D eigenvalue weighted by molar-refractivity contribution is -0.384. The number of non-ortho nitro benzene ring substituents is 1. The highest BCUT2D eigenvalue weighted by Gasteiger charge is 2.09. The number of nitrogens with one attached hydrogen (secondary N) is 1. The zero-order valence-corrected chi connectivity index (χ0v) is 12.8. The summed E-state index contributed by atoms with van der Waals surface area (Å²) in [5, 5.41) is 24.3. The van der Waals surface area contributed by atoms with Gasteiger partial charge in [-0.3, -0.25) is 14.9 Å². The van der Waals surface area contributed by atoms with Crippen molar-refractivity contribution in [3.63, 3.8) is 0 Å². The molecule has 24 heavy (non-hydrogen) atoms. The van der Waals surface area contributed by atoms with Crippen LogP contribution in [0.5, 0.6) is 0 Å². The van der Waals surface area contributed by atoms with Gasteiger partial charge in [-0.05, 0) is 29.7 Å². The number of benzene rings is 2. The third kappa shape index (κ3) is 5.29. The zero-order valence-electron chi connectivity index (χ0n) is 12.8. The van der Waals surface area contributed by atoms with Crippen molar-refractivity contribution >= 4 is 17.8 Å². The number of hydrogen-bond donors (Lipinski definition) is 2. The average Bonchev–Trinajstić information content (AvgIpc) is 2.61. The van der Waals surface area contributed by atoms with Gasteiger partial charge in [-0.25, -0.2) is 5.43 Å². The van der Waals surface area contributed by atoms with Gasteiger partial charge < -0.3 is 5.11 Å². The Labute approximate surface area is 138 Å². The summed E-state index contributed by atoms with van der Waals surface area (Å²) in [4.78, 5) is 21.7. The van der Waals surface area contributed by atoms with Crippen LogP contribution in [0.2, 0.25) is 0 Å². The van der Waals surface area contributed by atoms with Crippen molar-refractivity contribution in [1.29, 1.82) is 0 Å². The van der Waals surface area contributed by atoms with E-state index in [-0.39, 0.29) is 18.0 Å². The van der Waals surface area contributed by atoms with Crippen LogP contribution in [0.4, 0.5) is 5.69 Å². The van der Waals surface area contributed by atoms with Gasteiger partial charge in [0.1, 0.15) is 0 Å². The van der Waals surface area contributed by atoms with Crippen LogP contribution in [0, 0.1) is 10.1 Å². The van der Waals surface area contributed by atoms with Crippen LogP contribution in [0.25, 0.3) is 0 Å². The van der Waals surface area contributed by atoms with Gasteiger partial charge in [-0.1, -0.05) is 30.3 Å². The Bertz CT molecular complexity index is 714.